The minimum atomic E-state index is -0.186. The molecule has 78 valence electrons. The number of hydrogen-bond donors (Lipinski definition) is 0. The molecular formula is C12H12O3. The number of benzene rings is 1. The molecule has 0 N–H and O–H groups in total. The van der Waals surface area contributed by atoms with Gasteiger partial charge >= 0.3 is 0 Å². The molecule has 0 amide bonds. The first-order valence-electron chi connectivity index (χ1n) is 4.91. The highest BCUT2D eigenvalue weighted by Crippen LogP contribution is 2.34. The van der Waals surface area contributed by atoms with Crippen LogP contribution in [0.25, 0.3) is 0 Å². The lowest BCUT2D eigenvalue weighted by Crippen LogP contribution is -2.09. The summed E-state index contributed by atoms with van der Waals surface area (Å²) >= 11 is 0. The number of methoxy groups -OCH3 is 1. The van der Waals surface area contributed by atoms with Gasteiger partial charge in [-0.3, -0.25) is 4.79 Å². The predicted molar refractivity (Wildman–Crippen MR) is 55.2 cm³/mol. The zero-order chi connectivity index (χ0) is 10.8. The number of fused-ring (bicyclic) bond motifs is 1. The largest absolute Gasteiger partial charge is 0.496 e. The Morgan fingerprint density at radius 3 is 3.00 bits per heavy atom. The highest BCUT2D eigenvalue weighted by molar-refractivity contribution is 6.05. The third-order valence-corrected chi connectivity index (χ3v) is 2.80. The van der Waals surface area contributed by atoms with E-state index in [0.717, 1.165) is 11.8 Å². The molecule has 0 fully saturated rings. The third-order valence-electron chi connectivity index (χ3n) is 2.80. The molecule has 1 aliphatic carbocycles. The van der Waals surface area contributed by atoms with Crippen LogP contribution in [0.5, 0.6) is 5.75 Å². The second kappa shape index (κ2) is 3.85. The van der Waals surface area contributed by atoms with Crippen LogP contribution in [-0.2, 0) is 11.2 Å². The van der Waals surface area contributed by atoms with Crippen LogP contribution in [0.15, 0.2) is 18.2 Å². The Kier molecular flexibility index (Phi) is 2.54. The average molecular weight is 204 g/mol. The van der Waals surface area contributed by atoms with Crippen molar-refractivity contribution in [1.29, 1.82) is 0 Å². The van der Waals surface area contributed by atoms with Gasteiger partial charge < -0.3 is 9.53 Å². The zero-order valence-electron chi connectivity index (χ0n) is 8.53. The Balaban J connectivity index is 2.41. The van der Waals surface area contributed by atoms with E-state index in [9.17, 15) is 9.59 Å². The Bertz CT molecular complexity index is 409. The molecule has 0 saturated heterocycles. The topological polar surface area (TPSA) is 43.4 Å². The second-order valence-corrected chi connectivity index (χ2v) is 3.66. The maximum Gasteiger partial charge on any atom is 0.170 e. The first-order valence-corrected chi connectivity index (χ1v) is 4.91. The number of ketones is 1. The Labute approximate surface area is 88.1 Å². The van der Waals surface area contributed by atoms with Gasteiger partial charge in [-0.25, -0.2) is 0 Å². The average Bonchev–Trinajstić information content (AvgIpc) is 2.57. The summed E-state index contributed by atoms with van der Waals surface area (Å²) in [5.74, 6) is 0.467. The fourth-order valence-electron chi connectivity index (χ4n) is 2.07. The maximum atomic E-state index is 11.9. The Hall–Kier alpha value is -1.64. The van der Waals surface area contributed by atoms with Crippen LogP contribution in [0.4, 0.5) is 0 Å². The van der Waals surface area contributed by atoms with Crippen molar-refractivity contribution in [3.63, 3.8) is 0 Å². The Morgan fingerprint density at radius 2 is 2.33 bits per heavy atom. The van der Waals surface area contributed by atoms with Crippen molar-refractivity contribution >= 4 is 12.1 Å². The summed E-state index contributed by atoms with van der Waals surface area (Å²) in [4.78, 5) is 22.4. The fraction of sp³-hybridized carbons (Fsp3) is 0.333. The van der Waals surface area contributed by atoms with E-state index in [4.69, 9.17) is 4.74 Å². The van der Waals surface area contributed by atoms with Gasteiger partial charge in [0.2, 0.25) is 0 Å². The molecule has 3 heteroatoms. The molecule has 1 aliphatic rings. The molecule has 1 unspecified atom stereocenters. The summed E-state index contributed by atoms with van der Waals surface area (Å²) in [6.45, 7) is 0. The summed E-state index contributed by atoms with van der Waals surface area (Å²) in [6.07, 6.45) is 1.77. The minimum Gasteiger partial charge on any atom is -0.496 e. The monoisotopic (exact) mass is 204 g/mol. The van der Waals surface area contributed by atoms with Crippen LogP contribution in [0, 0.1) is 5.92 Å². The van der Waals surface area contributed by atoms with E-state index in [1.807, 2.05) is 12.1 Å². The summed E-state index contributed by atoms with van der Waals surface area (Å²) in [7, 11) is 1.55. The lowest BCUT2D eigenvalue weighted by molar-refractivity contribution is -0.108. The van der Waals surface area contributed by atoms with Gasteiger partial charge in [0.15, 0.2) is 5.78 Å². The molecular weight excluding hydrogens is 192 g/mol. The number of carbonyl (C=O) groups excluding carboxylic acids is 2. The zero-order valence-corrected chi connectivity index (χ0v) is 8.53. The molecule has 3 nitrogen and oxygen atoms in total. The number of ether oxygens (including phenoxy) is 1. The number of aldehydes is 1. The smallest absolute Gasteiger partial charge is 0.170 e. The molecule has 0 bridgehead atoms. The standard InChI is InChI=1S/C12H12O3/c1-15-10-4-2-3-8-7-9(5-6-13)12(14)11(8)10/h2-4,6,9H,5,7H2,1H3. The molecule has 0 aromatic heterocycles. The summed E-state index contributed by atoms with van der Waals surface area (Å²) in [5.41, 5.74) is 1.65. The molecule has 0 aliphatic heterocycles. The van der Waals surface area contributed by atoms with E-state index in [-0.39, 0.29) is 11.7 Å². The fourth-order valence-corrected chi connectivity index (χ4v) is 2.07. The van der Waals surface area contributed by atoms with Crippen LogP contribution in [0.3, 0.4) is 0 Å². The van der Waals surface area contributed by atoms with Crippen molar-refractivity contribution in [3.8, 4) is 5.75 Å². The summed E-state index contributed by atoms with van der Waals surface area (Å²) in [5, 5.41) is 0. The van der Waals surface area contributed by atoms with Crippen LogP contribution in [0.1, 0.15) is 22.3 Å². The molecule has 0 heterocycles. The molecule has 1 atom stereocenters. The summed E-state index contributed by atoms with van der Waals surface area (Å²) < 4.78 is 5.14. The van der Waals surface area contributed by atoms with Gasteiger partial charge in [-0.05, 0) is 18.1 Å². The minimum absolute atomic E-state index is 0.0366. The van der Waals surface area contributed by atoms with Crippen LogP contribution in [0.2, 0.25) is 0 Å². The number of Topliss-reactive ketones (excluding diaryl/α,β-unsaturated/α-hetero) is 1. The molecule has 2 rings (SSSR count). The second-order valence-electron chi connectivity index (χ2n) is 3.66. The van der Waals surface area contributed by atoms with Crippen molar-refractivity contribution in [3.05, 3.63) is 29.3 Å². The lowest BCUT2D eigenvalue weighted by atomic mass is 10.0. The van der Waals surface area contributed by atoms with E-state index >= 15 is 0 Å². The molecule has 0 radical (unpaired) electrons. The first kappa shape index (κ1) is 9.90. The van der Waals surface area contributed by atoms with Gasteiger partial charge in [0.25, 0.3) is 0 Å². The van der Waals surface area contributed by atoms with Crippen molar-refractivity contribution in [2.45, 2.75) is 12.8 Å². The molecule has 1 aromatic rings. The maximum absolute atomic E-state index is 11.9. The van der Waals surface area contributed by atoms with Crippen molar-refractivity contribution in [2.24, 2.45) is 5.92 Å². The van der Waals surface area contributed by atoms with E-state index in [0.29, 0.717) is 24.2 Å². The van der Waals surface area contributed by atoms with Crippen molar-refractivity contribution < 1.29 is 14.3 Å². The van der Waals surface area contributed by atoms with Gasteiger partial charge in [0.05, 0.1) is 12.7 Å². The normalized spacial score (nSPS) is 18.7. The van der Waals surface area contributed by atoms with E-state index in [1.165, 1.54) is 0 Å². The van der Waals surface area contributed by atoms with Gasteiger partial charge in [-0.1, -0.05) is 12.1 Å². The van der Waals surface area contributed by atoms with Crippen molar-refractivity contribution in [2.75, 3.05) is 7.11 Å². The van der Waals surface area contributed by atoms with Crippen LogP contribution in [-0.4, -0.2) is 19.2 Å². The summed E-state index contributed by atoms with van der Waals surface area (Å²) in [6, 6.07) is 5.56. The number of rotatable bonds is 3. The molecule has 15 heavy (non-hydrogen) atoms. The molecule has 0 saturated carbocycles. The predicted octanol–water partition coefficient (Wildman–Crippen LogP) is 1.64. The van der Waals surface area contributed by atoms with Crippen LogP contribution >= 0.6 is 0 Å². The van der Waals surface area contributed by atoms with Gasteiger partial charge in [-0.2, -0.15) is 0 Å². The highest BCUT2D eigenvalue weighted by Gasteiger charge is 2.32. The lowest BCUT2D eigenvalue weighted by Gasteiger charge is -2.05. The molecule has 1 aromatic carbocycles. The molecule has 0 spiro atoms. The SMILES string of the molecule is COc1cccc2c1C(=O)C(CC=O)C2. The number of hydrogen-bond acceptors (Lipinski definition) is 3. The number of carbonyl (C=O) groups is 2. The van der Waals surface area contributed by atoms with Gasteiger partial charge in [0.1, 0.15) is 12.0 Å². The quantitative estimate of drug-likeness (QED) is 0.703. The van der Waals surface area contributed by atoms with Crippen LogP contribution < -0.4 is 4.74 Å². The third kappa shape index (κ3) is 1.54. The van der Waals surface area contributed by atoms with Gasteiger partial charge in [-0.15, -0.1) is 0 Å². The van der Waals surface area contributed by atoms with E-state index < -0.39 is 0 Å². The van der Waals surface area contributed by atoms with E-state index in [2.05, 4.69) is 0 Å². The highest BCUT2D eigenvalue weighted by atomic mass is 16.5. The van der Waals surface area contributed by atoms with E-state index in [1.54, 1.807) is 13.2 Å². The Morgan fingerprint density at radius 1 is 1.53 bits per heavy atom. The van der Waals surface area contributed by atoms with Crippen molar-refractivity contribution in [1.82, 2.24) is 0 Å². The van der Waals surface area contributed by atoms with Gasteiger partial charge in [0, 0.05) is 12.3 Å². The first-order chi connectivity index (χ1) is 7.27.